The van der Waals surface area contributed by atoms with Gasteiger partial charge < -0.3 is 9.42 Å². The van der Waals surface area contributed by atoms with Gasteiger partial charge >= 0.3 is 0 Å². The quantitative estimate of drug-likeness (QED) is 0.851. The highest BCUT2D eigenvalue weighted by Crippen LogP contribution is 2.22. The average Bonchev–Trinajstić information content (AvgIpc) is 3.26. The van der Waals surface area contributed by atoms with Gasteiger partial charge in [0.1, 0.15) is 0 Å². The summed E-state index contributed by atoms with van der Waals surface area (Å²) in [6, 6.07) is 3.26. The van der Waals surface area contributed by atoms with Gasteiger partial charge in [0.15, 0.2) is 0 Å². The fraction of sp³-hybridized carbons (Fsp3) is 0.529. The van der Waals surface area contributed by atoms with Gasteiger partial charge in [-0.15, -0.1) is 0 Å². The van der Waals surface area contributed by atoms with E-state index in [2.05, 4.69) is 10.3 Å². The maximum atomic E-state index is 12.5. The van der Waals surface area contributed by atoms with E-state index in [0.717, 1.165) is 49.8 Å². The molecule has 1 amide bonds. The number of nitrogens with zero attached hydrogens (tertiary/aromatic N) is 4. The fourth-order valence-electron chi connectivity index (χ4n) is 3.69. The number of rotatable bonds is 3. The smallest absolute Gasteiger partial charge is 0.292 e. The molecule has 0 N–H and O–H groups in total. The summed E-state index contributed by atoms with van der Waals surface area (Å²) >= 11 is 0. The molecule has 1 aliphatic carbocycles. The topological polar surface area (TPSA) is 81.2 Å². The lowest BCUT2D eigenvalue weighted by atomic mass is 9.97. The third-order valence-corrected chi connectivity index (χ3v) is 4.94. The van der Waals surface area contributed by atoms with Crippen molar-refractivity contribution in [3.63, 3.8) is 0 Å². The van der Waals surface area contributed by atoms with E-state index in [-0.39, 0.29) is 23.3 Å². The Morgan fingerprint density at radius 1 is 1.29 bits per heavy atom. The molecular formula is C17H20N4O3. The number of fused-ring (bicyclic) bond motifs is 1. The van der Waals surface area contributed by atoms with Gasteiger partial charge in [-0.3, -0.25) is 9.59 Å². The molecule has 0 radical (unpaired) electrons. The van der Waals surface area contributed by atoms with Gasteiger partial charge in [0.05, 0.1) is 24.5 Å². The van der Waals surface area contributed by atoms with Crippen molar-refractivity contribution in [2.45, 2.75) is 51.1 Å². The Balaban J connectivity index is 1.56. The van der Waals surface area contributed by atoms with Gasteiger partial charge in [-0.05, 0) is 44.1 Å². The summed E-state index contributed by atoms with van der Waals surface area (Å²) in [5.41, 5.74) is 2.05. The van der Waals surface area contributed by atoms with Crippen LogP contribution in [0.1, 0.15) is 47.5 Å². The molecule has 0 aromatic carbocycles. The standard InChI is InChI=1S/C17H20N4O3/c22-16-10-12-4-1-2-6-14(12)19-21(16)11-13-5-3-9-20(13)17(23)15-7-8-18-24-15/h7-8,10,13H,1-6,9,11H2. The van der Waals surface area contributed by atoms with Crippen molar-refractivity contribution in [3.8, 4) is 0 Å². The SMILES string of the molecule is O=C(c1ccno1)N1CCCC1Cn1nc2c(cc1=O)CCCC2. The summed E-state index contributed by atoms with van der Waals surface area (Å²) in [5.74, 6) is 0.0775. The molecule has 0 spiro atoms. The second-order valence-corrected chi connectivity index (χ2v) is 6.52. The van der Waals surface area contributed by atoms with Crippen molar-refractivity contribution in [1.29, 1.82) is 0 Å². The molecule has 1 unspecified atom stereocenters. The third kappa shape index (κ3) is 2.74. The van der Waals surface area contributed by atoms with Crippen LogP contribution in [0.25, 0.3) is 0 Å². The van der Waals surface area contributed by atoms with E-state index in [1.54, 1.807) is 17.0 Å². The number of hydrogen-bond acceptors (Lipinski definition) is 5. The number of carbonyl (C=O) groups is 1. The fourth-order valence-corrected chi connectivity index (χ4v) is 3.69. The van der Waals surface area contributed by atoms with Crippen molar-refractivity contribution >= 4 is 5.91 Å². The molecule has 0 saturated carbocycles. The lowest BCUT2D eigenvalue weighted by Crippen LogP contribution is -2.41. The highest BCUT2D eigenvalue weighted by atomic mass is 16.5. The third-order valence-electron chi connectivity index (χ3n) is 4.94. The molecule has 7 nitrogen and oxygen atoms in total. The van der Waals surface area contributed by atoms with E-state index in [0.29, 0.717) is 13.1 Å². The number of hydrogen-bond donors (Lipinski definition) is 0. The minimum atomic E-state index is -0.166. The first-order valence-electron chi connectivity index (χ1n) is 8.54. The lowest BCUT2D eigenvalue weighted by molar-refractivity contribution is 0.0678. The zero-order valence-electron chi connectivity index (χ0n) is 13.5. The Morgan fingerprint density at radius 3 is 3.00 bits per heavy atom. The van der Waals surface area contributed by atoms with E-state index in [9.17, 15) is 9.59 Å². The summed E-state index contributed by atoms with van der Waals surface area (Å²) in [6.45, 7) is 1.11. The zero-order valence-corrected chi connectivity index (χ0v) is 13.5. The zero-order chi connectivity index (χ0) is 16.5. The van der Waals surface area contributed by atoms with E-state index in [1.807, 2.05) is 0 Å². The molecule has 126 valence electrons. The summed E-state index contributed by atoms with van der Waals surface area (Å²) < 4.78 is 6.51. The maximum absolute atomic E-state index is 12.5. The summed E-state index contributed by atoms with van der Waals surface area (Å²) in [6.07, 6.45) is 7.38. The highest BCUT2D eigenvalue weighted by Gasteiger charge is 2.32. The lowest BCUT2D eigenvalue weighted by Gasteiger charge is -2.24. The Labute approximate surface area is 139 Å². The Kier molecular flexibility index (Phi) is 3.92. The Bertz CT molecular complexity index is 797. The van der Waals surface area contributed by atoms with Crippen LogP contribution >= 0.6 is 0 Å². The van der Waals surface area contributed by atoms with Crippen LogP contribution in [0.3, 0.4) is 0 Å². The summed E-state index contributed by atoms with van der Waals surface area (Å²) in [7, 11) is 0. The number of amides is 1. The van der Waals surface area contributed by atoms with Crippen LogP contribution in [0.2, 0.25) is 0 Å². The van der Waals surface area contributed by atoms with Crippen molar-refractivity contribution in [3.05, 3.63) is 45.7 Å². The van der Waals surface area contributed by atoms with Gasteiger partial charge in [-0.1, -0.05) is 5.16 Å². The van der Waals surface area contributed by atoms with Crippen LogP contribution < -0.4 is 5.56 Å². The van der Waals surface area contributed by atoms with Crippen molar-refractivity contribution < 1.29 is 9.32 Å². The van der Waals surface area contributed by atoms with Crippen molar-refractivity contribution in [1.82, 2.24) is 19.8 Å². The largest absolute Gasteiger partial charge is 0.351 e. The highest BCUT2D eigenvalue weighted by molar-refractivity contribution is 5.91. The van der Waals surface area contributed by atoms with Gasteiger partial charge in [-0.2, -0.15) is 5.10 Å². The van der Waals surface area contributed by atoms with Crippen LogP contribution in [0.4, 0.5) is 0 Å². The molecule has 1 atom stereocenters. The predicted octanol–water partition coefficient (Wildman–Crippen LogP) is 1.41. The van der Waals surface area contributed by atoms with E-state index in [4.69, 9.17) is 4.52 Å². The van der Waals surface area contributed by atoms with Crippen LogP contribution in [-0.2, 0) is 19.4 Å². The molecule has 3 heterocycles. The summed E-state index contributed by atoms with van der Waals surface area (Å²) in [5, 5.41) is 8.16. The van der Waals surface area contributed by atoms with Crippen molar-refractivity contribution in [2.75, 3.05) is 6.54 Å². The molecule has 1 aliphatic heterocycles. The van der Waals surface area contributed by atoms with Gasteiger partial charge in [0, 0.05) is 18.7 Å². The molecule has 1 fully saturated rings. The van der Waals surface area contributed by atoms with Crippen molar-refractivity contribution in [2.24, 2.45) is 0 Å². The predicted molar refractivity (Wildman–Crippen MR) is 85.7 cm³/mol. The molecule has 2 aromatic heterocycles. The van der Waals surface area contributed by atoms with Gasteiger partial charge in [-0.25, -0.2) is 4.68 Å². The van der Waals surface area contributed by atoms with Crippen LogP contribution in [0.15, 0.2) is 27.6 Å². The second kappa shape index (κ2) is 6.22. The van der Waals surface area contributed by atoms with Crippen LogP contribution in [0.5, 0.6) is 0 Å². The number of likely N-dealkylation sites (tertiary alicyclic amines) is 1. The molecule has 4 rings (SSSR count). The molecule has 0 bridgehead atoms. The number of aromatic nitrogens is 3. The molecule has 1 saturated heterocycles. The average molecular weight is 328 g/mol. The minimum Gasteiger partial charge on any atom is -0.351 e. The maximum Gasteiger partial charge on any atom is 0.292 e. The molecule has 7 heteroatoms. The normalized spacial score (nSPS) is 20.2. The van der Waals surface area contributed by atoms with Gasteiger partial charge in [0.25, 0.3) is 11.5 Å². The first-order valence-corrected chi connectivity index (χ1v) is 8.54. The van der Waals surface area contributed by atoms with E-state index >= 15 is 0 Å². The number of aryl methyl sites for hydroxylation is 2. The molecule has 2 aromatic rings. The van der Waals surface area contributed by atoms with Gasteiger partial charge in [0.2, 0.25) is 5.76 Å². The molecule has 2 aliphatic rings. The van der Waals surface area contributed by atoms with Crippen LogP contribution in [0, 0.1) is 0 Å². The van der Waals surface area contributed by atoms with Crippen LogP contribution in [-0.4, -0.2) is 38.3 Å². The number of carbonyl (C=O) groups excluding carboxylic acids is 1. The Morgan fingerprint density at radius 2 is 2.17 bits per heavy atom. The van der Waals surface area contributed by atoms with E-state index in [1.165, 1.54) is 10.9 Å². The van der Waals surface area contributed by atoms with E-state index < -0.39 is 0 Å². The second-order valence-electron chi connectivity index (χ2n) is 6.52. The molecule has 24 heavy (non-hydrogen) atoms. The minimum absolute atomic E-state index is 0.0329. The monoisotopic (exact) mass is 328 g/mol. The first kappa shape index (κ1) is 15.1. The molecular weight excluding hydrogens is 308 g/mol. The Hall–Kier alpha value is -2.44. The summed E-state index contributed by atoms with van der Waals surface area (Å²) in [4.78, 5) is 26.6. The first-order chi connectivity index (χ1) is 11.7.